The van der Waals surface area contributed by atoms with Gasteiger partial charge in [-0.1, -0.05) is 26.7 Å². The summed E-state index contributed by atoms with van der Waals surface area (Å²) < 4.78 is 23.8. The Morgan fingerprint density at radius 2 is 1.95 bits per heavy atom. The maximum Gasteiger partial charge on any atom is 0.151 e. The fourth-order valence-electron chi connectivity index (χ4n) is 4.18. The topological polar surface area (TPSA) is 80.4 Å². The molecule has 3 N–H and O–H groups in total. The first-order valence-corrected chi connectivity index (χ1v) is 9.69. The first-order chi connectivity index (χ1) is 9.24. The van der Waals surface area contributed by atoms with E-state index in [4.69, 9.17) is 5.73 Å². The Balaban J connectivity index is 2.21. The normalized spacial score (nSPS) is 41.8. The average Bonchev–Trinajstić information content (AvgIpc) is 2.56. The molecule has 0 bridgehead atoms. The minimum absolute atomic E-state index is 0.0688. The molecule has 2 rings (SSSR count). The van der Waals surface area contributed by atoms with E-state index >= 15 is 0 Å². The highest BCUT2D eigenvalue weighted by Gasteiger charge is 2.55. The van der Waals surface area contributed by atoms with Crippen LogP contribution in [0.15, 0.2) is 0 Å². The molecule has 0 amide bonds. The standard InChI is InChI=1S/C15H29NO3S/c1-12(2)13-4-3-6-15(17,7-5-13)14(10-16)8-9-20(18,19)11-14/h12-13,17H,3-11,16H2,1-2H3. The molecule has 1 saturated heterocycles. The van der Waals surface area contributed by atoms with Crippen molar-refractivity contribution in [2.24, 2.45) is 23.0 Å². The number of nitrogens with two attached hydrogens (primary N) is 1. The number of hydrogen-bond acceptors (Lipinski definition) is 4. The van der Waals surface area contributed by atoms with Gasteiger partial charge in [0.05, 0.1) is 17.1 Å². The van der Waals surface area contributed by atoms with Gasteiger partial charge in [-0.15, -0.1) is 0 Å². The molecular formula is C15H29NO3S. The molecule has 5 heteroatoms. The molecule has 2 aliphatic rings. The van der Waals surface area contributed by atoms with Crippen LogP contribution in [0.3, 0.4) is 0 Å². The van der Waals surface area contributed by atoms with Crippen LogP contribution >= 0.6 is 0 Å². The maximum atomic E-state index is 11.9. The maximum absolute atomic E-state index is 11.9. The minimum atomic E-state index is -3.04. The Morgan fingerprint density at radius 3 is 2.45 bits per heavy atom. The summed E-state index contributed by atoms with van der Waals surface area (Å²) in [6.07, 6.45) is 5.00. The summed E-state index contributed by atoms with van der Waals surface area (Å²) in [6, 6.07) is 0. The molecule has 0 aromatic carbocycles. The molecule has 2 fully saturated rings. The highest BCUT2D eigenvalue weighted by Crippen LogP contribution is 2.49. The molecule has 4 nitrogen and oxygen atoms in total. The number of sulfone groups is 1. The molecule has 3 unspecified atom stereocenters. The van der Waals surface area contributed by atoms with Crippen LogP contribution in [0.25, 0.3) is 0 Å². The molecule has 20 heavy (non-hydrogen) atoms. The van der Waals surface area contributed by atoms with Gasteiger partial charge in [-0.25, -0.2) is 8.42 Å². The quantitative estimate of drug-likeness (QED) is 0.778. The van der Waals surface area contributed by atoms with Crippen LogP contribution in [0.1, 0.15) is 52.4 Å². The second kappa shape index (κ2) is 5.58. The van der Waals surface area contributed by atoms with Crippen LogP contribution in [-0.2, 0) is 9.84 Å². The van der Waals surface area contributed by atoms with Crippen molar-refractivity contribution < 1.29 is 13.5 Å². The molecule has 1 saturated carbocycles. The number of aliphatic hydroxyl groups is 1. The third-order valence-corrected chi connectivity index (χ3v) is 7.62. The third-order valence-electron chi connectivity index (χ3n) is 5.80. The van der Waals surface area contributed by atoms with Gasteiger partial charge >= 0.3 is 0 Å². The van der Waals surface area contributed by atoms with Gasteiger partial charge in [-0.2, -0.15) is 0 Å². The van der Waals surface area contributed by atoms with Crippen molar-refractivity contribution in [2.75, 3.05) is 18.1 Å². The van der Waals surface area contributed by atoms with E-state index in [1.807, 2.05) is 0 Å². The van der Waals surface area contributed by atoms with Crippen molar-refractivity contribution in [3.8, 4) is 0 Å². The van der Waals surface area contributed by atoms with Crippen LogP contribution < -0.4 is 5.73 Å². The summed E-state index contributed by atoms with van der Waals surface area (Å²) in [5.41, 5.74) is 4.42. The fraction of sp³-hybridized carbons (Fsp3) is 1.00. The molecule has 1 heterocycles. The molecule has 0 radical (unpaired) electrons. The van der Waals surface area contributed by atoms with Crippen molar-refractivity contribution in [2.45, 2.75) is 58.0 Å². The molecule has 0 spiro atoms. The summed E-state index contributed by atoms with van der Waals surface area (Å²) >= 11 is 0. The van der Waals surface area contributed by atoms with E-state index in [1.165, 1.54) is 0 Å². The van der Waals surface area contributed by atoms with Crippen molar-refractivity contribution in [1.29, 1.82) is 0 Å². The van der Waals surface area contributed by atoms with Gasteiger partial charge in [0.15, 0.2) is 9.84 Å². The van der Waals surface area contributed by atoms with E-state index in [1.54, 1.807) is 0 Å². The highest BCUT2D eigenvalue weighted by atomic mass is 32.2. The summed E-state index contributed by atoms with van der Waals surface area (Å²) in [7, 11) is -3.04. The number of rotatable bonds is 3. The van der Waals surface area contributed by atoms with Crippen molar-refractivity contribution in [3.05, 3.63) is 0 Å². The molecule has 1 aliphatic heterocycles. The van der Waals surface area contributed by atoms with Crippen LogP contribution in [-0.4, -0.2) is 37.2 Å². The van der Waals surface area contributed by atoms with Crippen LogP contribution in [0, 0.1) is 17.3 Å². The number of hydrogen-bond donors (Lipinski definition) is 2. The molecule has 0 aromatic rings. The summed E-state index contributed by atoms with van der Waals surface area (Å²) in [5.74, 6) is 1.51. The summed E-state index contributed by atoms with van der Waals surface area (Å²) in [4.78, 5) is 0. The van der Waals surface area contributed by atoms with Gasteiger partial charge in [0.1, 0.15) is 0 Å². The van der Waals surface area contributed by atoms with E-state index < -0.39 is 20.9 Å². The van der Waals surface area contributed by atoms with Gasteiger partial charge in [0.2, 0.25) is 0 Å². The average molecular weight is 303 g/mol. The Kier molecular flexibility index (Phi) is 4.53. The van der Waals surface area contributed by atoms with Gasteiger partial charge in [0, 0.05) is 12.0 Å². The largest absolute Gasteiger partial charge is 0.389 e. The third kappa shape index (κ3) is 2.90. The Morgan fingerprint density at radius 1 is 1.25 bits per heavy atom. The van der Waals surface area contributed by atoms with E-state index in [9.17, 15) is 13.5 Å². The lowest BCUT2D eigenvalue weighted by atomic mass is 9.67. The second-order valence-electron chi connectivity index (χ2n) is 7.29. The Bertz CT molecular complexity index is 448. The van der Waals surface area contributed by atoms with Crippen LogP contribution in [0.5, 0.6) is 0 Å². The second-order valence-corrected chi connectivity index (χ2v) is 9.48. The van der Waals surface area contributed by atoms with E-state index in [0.29, 0.717) is 31.1 Å². The predicted octanol–water partition coefficient (Wildman–Crippen LogP) is 1.72. The van der Waals surface area contributed by atoms with Gasteiger partial charge in [-0.05, 0) is 37.5 Å². The summed E-state index contributed by atoms with van der Waals surface area (Å²) in [6.45, 7) is 4.73. The zero-order valence-corrected chi connectivity index (χ0v) is 13.6. The Labute approximate surface area is 123 Å². The first-order valence-electron chi connectivity index (χ1n) is 7.86. The zero-order chi connectivity index (χ0) is 15.0. The predicted molar refractivity (Wildman–Crippen MR) is 81.1 cm³/mol. The van der Waals surface area contributed by atoms with E-state index in [-0.39, 0.29) is 18.1 Å². The summed E-state index contributed by atoms with van der Waals surface area (Å²) in [5, 5.41) is 11.2. The lowest BCUT2D eigenvalue weighted by Gasteiger charge is -2.43. The molecule has 118 valence electrons. The van der Waals surface area contributed by atoms with Gasteiger partial charge in [0.25, 0.3) is 0 Å². The molecular weight excluding hydrogens is 274 g/mol. The molecule has 0 aromatic heterocycles. The molecule has 1 aliphatic carbocycles. The molecule has 3 atom stereocenters. The highest BCUT2D eigenvalue weighted by molar-refractivity contribution is 7.91. The fourth-order valence-corrected chi connectivity index (χ4v) is 6.40. The van der Waals surface area contributed by atoms with Gasteiger partial charge in [-0.3, -0.25) is 0 Å². The van der Waals surface area contributed by atoms with Crippen molar-refractivity contribution in [3.63, 3.8) is 0 Å². The first kappa shape index (κ1) is 16.2. The smallest absolute Gasteiger partial charge is 0.151 e. The van der Waals surface area contributed by atoms with E-state index in [0.717, 1.165) is 19.3 Å². The Hall–Kier alpha value is -0.130. The van der Waals surface area contributed by atoms with Crippen molar-refractivity contribution >= 4 is 9.84 Å². The monoisotopic (exact) mass is 303 g/mol. The SMILES string of the molecule is CC(C)C1CCCC(O)(C2(CN)CCS(=O)(=O)C2)CC1. The van der Waals surface area contributed by atoms with Crippen LogP contribution in [0.2, 0.25) is 0 Å². The minimum Gasteiger partial charge on any atom is -0.389 e. The lowest BCUT2D eigenvalue weighted by Crippen LogP contribution is -2.53. The van der Waals surface area contributed by atoms with E-state index in [2.05, 4.69) is 13.8 Å². The van der Waals surface area contributed by atoms with Crippen molar-refractivity contribution in [1.82, 2.24) is 0 Å². The lowest BCUT2D eigenvalue weighted by molar-refractivity contribution is -0.0801. The van der Waals surface area contributed by atoms with Crippen LogP contribution in [0.4, 0.5) is 0 Å². The van der Waals surface area contributed by atoms with Gasteiger partial charge < -0.3 is 10.8 Å². The zero-order valence-electron chi connectivity index (χ0n) is 12.8.